The van der Waals surface area contributed by atoms with E-state index in [4.69, 9.17) is 10.00 Å². The van der Waals surface area contributed by atoms with E-state index in [1.807, 2.05) is 6.92 Å². The van der Waals surface area contributed by atoms with E-state index in [2.05, 4.69) is 11.4 Å². The molecule has 0 radical (unpaired) electrons. The third kappa shape index (κ3) is 4.34. The summed E-state index contributed by atoms with van der Waals surface area (Å²) in [4.78, 5) is 0. The summed E-state index contributed by atoms with van der Waals surface area (Å²) >= 11 is 0. The Hall–Kier alpha value is -1.60. The second-order valence-electron chi connectivity index (χ2n) is 4.14. The van der Waals surface area contributed by atoms with Gasteiger partial charge < -0.3 is 10.1 Å². The highest BCUT2D eigenvalue weighted by atomic mass is 19.1. The molecule has 0 amide bonds. The number of hydrogen-bond acceptors (Lipinski definition) is 3. The monoisotopic (exact) mass is 250 g/mol. The highest BCUT2D eigenvalue weighted by Crippen LogP contribution is 2.19. The fourth-order valence-electron chi connectivity index (χ4n) is 1.72. The maximum Gasteiger partial charge on any atom is 0.123 e. The molecule has 1 N–H and O–H groups in total. The van der Waals surface area contributed by atoms with Crippen molar-refractivity contribution in [3.05, 3.63) is 29.6 Å². The molecule has 0 aliphatic rings. The van der Waals surface area contributed by atoms with Gasteiger partial charge in [-0.1, -0.05) is 6.92 Å². The van der Waals surface area contributed by atoms with E-state index in [0.29, 0.717) is 25.3 Å². The molecule has 0 heterocycles. The average molecular weight is 250 g/mol. The van der Waals surface area contributed by atoms with Crippen LogP contribution in [0, 0.1) is 23.1 Å². The van der Waals surface area contributed by atoms with Gasteiger partial charge in [-0.2, -0.15) is 5.26 Å². The molecule has 0 aromatic heterocycles. The lowest BCUT2D eigenvalue weighted by Gasteiger charge is -2.10. The van der Waals surface area contributed by atoms with Crippen LogP contribution in [0.1, 0.15) is 18.9 Å². The van der Waals surface area contributed by atoms with Gasteiger partial charge in [-0.25, -0.2) is 4.39 Å². The zero-order valence-electron chi connectivity index (χ0n) is 10.9. The summed E-state index contributed by atoms with van der Waals surface area (Å²) in [5.41, 5.74) is 0.843. The number of nitrogens with zero attached hydrogens (tertiary/aromatic N) is 1. The van der Waals surface area contributed by atoms with Gasteiger partial charge in [0.05, 0.1) is 19.1 Å². The zero-order valence-corrected chi connectivity index (χ0v) is 10.9. The standard InChI is InChI=1S/C14H19FN2O/c1-3-11(9-16)10-17-7-6-12-8-13(15)4-5-14(12)18-2/h4-5,8,11,17H,3,6-7,10H2,1-2H3. The van der Waals surface area contributed by atoms with Crippen molar-refractivity contribution in [2.75, 3.05) is 20.2 Å². The summed E-state index contributed by atoms with van der Waals surface area (Å²) in [6.07, 6.45) is 1.52. The third-order valence-corrected chi connectivity index (χ3v) is 2.88. The molecule has 1 aromatic rings. The minimum atomic E-state index is -0.255. The van der Waals surface area contributed by atoms with Crippen molar-refractivity contribution in [2.24, 2.45) is 5.92 Å². The summed E-state index contributed by atoms with van der Waals surface area (Å²) in [5.74, 6) is 0.485. The molecule has 4 heteroatoms. The van der Waals surface area contributed by atoms with Gasteiger partial charge in [-0.15, -0.1) is 0 Å². The molecule has 0 fully saturated rings. The van der Waals surface area contributed by atoms with E-state index in [1.165, 1.54) is 12.1 Å². The summed E-state index contributed by atoms with van der Waals surface area (Å²) < 4.78 is 18.3. The highest BCUT2D eigenvalue weighted by molar-refractivity contribution is 5.34. The van der Waals surface area contributed by atoms with Crippen LogP contribution in [0.25, 0.3) is 0 Å². The van der Waals surface area contributed by atoms with Crippen LogP contribution >= 0.6 is 0 Å². The number of rotatable bonds is 7. The summed E-state index contributed by atoms with van der Waals surface area (Å²) in [6.45, 7) is 3.37. The normalized spacial score (nSPS) is 11.9. The van der Waals surface area contributed by atoms with Crippen molar-refractivity contribution in [1.29, 1.82) is 5.26 Å². The summed E-state index contributed by atoms with van der Waals surface area (Å²) in [6, 6.07) is 6.74. The smallest absolute Gasteiger partial charge is 0.123 e. The Morgan fingerprint density at radius 3 is 2.89 bits per heavy atom. The lowest BCUT2D eigenvalue weighted by atomic mass is 10.1. The summed E-state index contributed by atoms with van der Waals surface area (Å²) in [5, 5.41) is 12.0. The van der Waals surface area contributed by atoms with Crippen molar-refractivity contribution in [2.45, 2.75) is 19.8 Å². The van der Waals surface area contributed by atoms with Crippen molar-refractivity contribution >= 4 is 0 Å². The minimum absolute atomic E-state index is 0.0411. The van der Waals surface area contributed by atoms with E-state index in [9.17, 15) is 4.39 Å². The van der Waals surface area contributed by atoms with Crippen molar-refractivity contribution in [3.8, 4) is 11.8 Å². The van der Waals surface area contributed by atoms with Gasteiger partial charge in [0.15, 0.2) is 0 Å². The zero-order chi connectivity index (χ0) is 13.4. The lowest BCUT2D eigenvalue weighted by molar-refractivity contribution is 0.407. The molecular formula is C14H19FN2O. The Morgan fingerprint density at radius 1 is 1.50 bits per heavy atom. The first-order valence-electron chi connectivity index (χ1n) is 6.14. The number of hydrogen-bond donors (Lipinski definition) is 1. The molecule has 0 spiro atoms. The number of halogens is 1. The highest BCUT2D eigenvalue weighted by Gasteiger charge is 2.06. The first kappa shape index (κ1) is 14.5. The van der Waals surface area contributed by atoms with Crippen molar-refractivity contribution < 1.29 is 9.13 Å². The fraction of sp³-hybridized carbons (Fsp3) is 0.500. The van der Waals surface area contributed by atoms with Crippen molar-refractivity contribution in [1.82, 2.24) is 5.32 Å². The molecule has 1 unspecified atom stereocenters. The number of nitrogens with one attached hydrogen (secondary N) is 1. The van der Waals surface area contributed by atoms with Crippen LogP contribution in [0.5, 0.6) is 5.75 Å². The van der Waals surface area contributed by atoms with Crippen LogP contribution in [0.2, 0.25) is 0 Å². The van der Waals surface area contributed by atoms with Gasteiger partial charge in [0.2, 0.25) is 0 Å². The maximum atomic E-state index is 13.1. The first-order valence-corrected chi connectivity index (χ1v) is 6.14. The number of benzene rings is 1. The quantitative estimate of drug-likeness (QED) is 0.756. The second-order valence-corrected chi connectivity index (χ2v) is 4.14. The molecule has 0 saturated heterocycles. The first-order chi connectivity index (χ1) is 8.71. The number of nitriles is 1. The molecule has 98 valence electrons. The molecule has 1 atom stereocenters. The molecule has 0 saturated carbocycles. The van der Waals surface area contributed by atoms with E-state index in [1.54, 1.807) is 13.2 Å². The predicted molar refractivity (Wildman–Crippen MR) is 68.9 cm³/mol. The van der Waals surface area contributed by atoms with E-state index in [0.717, 1.165) is 12.0 Å². The van der Waals surface area contributed by atoms with Crippen LogP contribution < -0.4 is 10.1 Å². The third-order valence-electron chi connectivity index (χ3n) is 2.88. The van der Waals surface area contributed by atoms with Gasteiger partial charge in [0.25, 0.3) is 0 Å². The van der Waals surface area contributed by atoms with Crippen LogP contribution in [0.15, 0.2) is 18.2 Å². The Balaban J connectivity index is 2.44. The lowest BCUT2D eigenvalue weighted by Crippen LogP contribution is -2.24. The van der Waals surface area contributed by atoms with E-state index in [-0.39, 0.29) is 11.7 Å². The topological polar surface area (TPSA) is 45.0 Å². The SMILES string of the molecule is CCC(C#N)CNCCc1cc(F)ccc1OC. The molecule has 0 aliphatic heterocycles. The van der Waals surface area contributed by atoms with Crippen LogP contribution in [0.4, 0.5) is 4.39 Å². The molecule has 0 aliphatic carbocycles. The Morgan fingerprint density at radius 2 is 2.28 bits per heavy atom. The average Bonchev–Trinajstić information content (AvgIpc) is 2.39. The second kappa shape index (κ2) is 7.67. The van der Waals surface area contributed by atoms with Crippen LogP contribution in [0.3, 0.4) is 0 Å². The molecular weight excluding hydrogens is 231 g/mol. The van der Waals surface area contributed by atoms with Crippen LogP contribution in [-0.4, -0.2) is 20.2 Å². The van der Waals surface area contributed by atoms with Gasteiger partial charge in [0.1, 0.15) is 11.6 Å². The van der Waals surface area contributed by atoms with E-state index < -0.39 is 0 Å². The number of ether oxygens (including phenoxy) is 1. The molecule has 18 heavy (non-hydrogen) atoms. The molecule has 3 nitrogen and oxygen atoms in total. The molecule has 1 aromatic carbocycles. The van der Waals surface area contributed by atoms with Gasteiger partial charge in [-0.05, 0) is 43.1 Å². The maximum absolute atomic E-state index is 13.1. The Labute approximate surface area is 108 Å². The summed E-state index contributed by atoms with van der Waals surface area (Å²) in [7, 11) is 1.58. The fourth-order valence-corrected chi connectivity index (χ4v) is 1.72. The number of methoxy groups -OCH3 is 1. The minimum Gasteiger partial charge on any atom is -0.496 e. The van der Waals surface area contributed by atoms with Gasteiger partial charge >= 0.3 is 0 Å². The van der Waals surface area contributed by atoms with E-state index >= 15 is 0 Å². The molecule has 0 bridgehead atoms. The van der Waals surface area contributed by atoms with Gasteiger partial charge in [-0.3, -0.25) is 0 Å². The van der Waals surface area contributed by atoms with Gasteiger partial charge in [0, 0.05) is 6.54 Å². The van der Waals surface area contributed by atoms with Crippen molar-refractivity contribution in [3.63, 3.8) is 0 Å². The Bertz CT molecular complexity index is 415. The Kier molecular flexibility index (Phi) is 6.16. The molecule has 1 rings (SSSR count). The largest absolute Gasteiger partial charge is 0.496 e. The van der Waals surface area contributed by atoms with Crippen LogP contribution in [-0.2, 0) is 6.42 Å². The predicted octanol–water partition coefficient (Wildman–Crippen LogP) is 2.52.